The summed E-state index contributed by atoms with van der Waals surface area (Å²) in [4.78, 5) is 10.2. The molecule has 0 amide bonds. The van der Waals surface area contributed by atoms with Gasteiger partial charge in [-0.2, -0.15) is 0 Å². The van der Waals surface area contributed by atoms with Crippen molar-refractivity contribution in [2.24, 2.45) is 0 Å². The molecule has 0 spiro atoms. The molecular weight excluding hydrogens is 176 g/mol. The maximum Gasteiger partial charge on any atom is 0.129 e. The molecule has 0 fully saturated rings. The summed E-state index contributed by atoms with van der Waals surface area (Å²) >= 11 is 0. The lowest BCUT2D eigenvalue weighted by Crippen LogP contribution is -2.01. The van der Waals surface area contributed by atoms with Crippen LogP contribution in [0.2, 0.25) is 0 Å². The van der Waals surface area contributed by atoms with E-state index in [9.17, 15) is 4.79 Å². The predicted octanol–water partition coefficient (Wildman–Crippen LogP) is 3.32. The van der Waals surface area contributed by atoms with Gasteiger partial charge in [0.25, 0.3) is 0 Å². The largest absolute Gasteiger partial charge is 0.393 e. The summed E-state index contributed by atoms with van der Waals surface area (Å²) in [6.45, 7) is 7.80. The van der Waals surface area contributed by atoms with Crippen LogP contribution in [-0.4, -0.2) is 17.0 Å². The van der Waals surface area contributed by atoms with Crippen molar-refractivity contribution >= 4 is 5.78 Å². The summed E-state index contributed by atoms with van der Waals surface area (Å²) in [5.41, 5.74) is 0. The van der Waals surface area contributed by atoms with Crippen molar-refractivity contribution in [2.45, 2.75) is 72.3 Å². The summed E-state index contributed by atoms with van der Waals surface area (Å²) < 4.78 is 0. The molecule has 0 aromatic carbocycles. The molecule has 14 heavy (non-hydrogen) atoms. The van der Waals surface area contributed by atoms with Gasteiger partial charge in [-0.3, -0.25) is 0 Å². The lowest BCUT2D eigenvalue weighted by molar-refractivity contribution is -0.117. The summed E-state index contributed by atoms with van der Waals surface area (Å²) in [5, 5.41) is 8.86. The van der Waals surface area contributed by atoms with Crippen molar-refractivity contribution in [1.29, 1.82) is 0 Å². The minimum atomic E-state index is -0.0509. The Morgan fingerprint density at radius 2 is 1.79 bits per heavy atom. The third-order valence-electron chi connectivity index (χ3n) is 1.98. The van der Waals surface area contributed by atoms with Crippen LogP contribution in [0.1, 0.15) is 66.2 Å². The highest BCUT2D eigenvalue weighted by molar-refractivity contribution is 5.75. The van der Waals surface area contributed by atoms with Gasteiger partial charge >= 0.3 is 0 Å². The molecule has 0 aromatic heterocycles. The number of aliphatic hydroxyl groups excluding tert-OH is 1. The number of hydrogen-bond acceptors (Lipinski definition) is 2. The molecule has 0 aromatic rings. The zero-order valence-corrected chi connectivity index (χ0v) is 10.2. The van der Waals surface area contributed by atoms with Crippen LogP contribution in [0.15, 0.2) is 0 Å². The molecule has 0 aliphatic carbocycles. The predicted molar refractivity (Wildman–Crippen MR) is 61.4 cm³/mol. The van der Waals surface area contributed by atoms with E-state index in [1.54, 1.807) is 6.92 Å². The third-order valence-corrected chi connectivity index (χ3v) is 1.98. The summed E-state index contributed by atoms with van der Waals surface area (Å²) in [7, 11) is 0. The van der Waals surface area contributed by atoms with Gasteiger partial charge in [0, 0.05) is 6.42 Å². The number of aliphatic hydroxyl groups is 1. The molecule has 2 nitrogen and oxygen atoms in total. The lowest BCUT2D eigenvalue weighted by atomic mass is 10.2. The molecular formula is C12H26O2. The highest BCUT2D eigenvalue weighted by Gasteiger charge is 1.94. The first-order valence-electron chi connectivity index (χ1n) is 5.75. The fraction of sp³-hybridized carbons (Fsp3) is 0.917. The van der Waals surface area contributed by atoms with Gasteiger partial charge in [0.05, 0.1) is 6.10 Å². The van der Waals surface area contributed by atoms with Gasteiger partial charge in [-0.05, 0) is 26.2 Å². The third kappa shape index (κ3) is 17.6. The second kappa shape index (κ2) is 12.6. The van der Waals surface area contributed by atoms with E-state index in [0.717, 1.165) is 38.5 Å². The van der Waals surface area contributed by atoms with Crippen LogP contribution in [0.4, 0.5) is 0 Å². The van der Waals surface area contributed by atoms with Gasteiger partial charge in [0.1, 0.15) is 5.78 Å². The van der Waals surface area contributed by atoms with E-state index in [2.05, 4.69) is 13.8 Å². The first-order chi connectivity index (χ1) is 6.58. The first-order valence-corrected chi connectivity index (χ1v) is 5.75. The molecule has 86 valence electrons. The highest BCUT2D eigenvalue weighted by atomic mass is 16.3. The Labute approximate surface area is 88.7 Å². The van der Waals surface area contributed by atoms with Crippen molar-refractivity contribution in [3.8, 4) is 0 Å². The molecule has 0 saturated heterocycles. The topological polar surface area (TPSA) is 37.3 Å². The molecule has 0 aliphatic rings. The molecule has 0 bridgehead atoms. The zero-order valence-electron chi connectivity index (χ0n) is 10.2. The van der Waals surface area contributed by atoms with E-state index < -0.39 is 0 Å². The zero-order chi connectivity index (χ0) is 11.4. The van der Waals surface area contributed by atoms with E-state index in [1.807, 2.05) is 6.92 Å². The Morgan fingerprint density at radius 3 is 1.93 bits per heavy atom. The maximum atomic E-state index is 10.2. The van der Waals surface area contributed by atoms with Gasteiger partial charge in [-0.1, -0.05) is 33.6 Å². The normalized spacial score (nSPS) is 11.5. The number of unbranched alkanes of at least 4 members (excludes halogenated alkanes) is 1. The Bertz CT molecular complexity index is 121. The Balaban J connectivity index is 0. The molecule has 1 unspecified atom stereocenters. The van der Waals surface area contributed by atoms with Crippen molar-refractivity contribution < 1.29 is 9.90 Å². The van der Waals surface area contributed by atoms with Crippen molar-refractivity contribution in [3.05, 3.63) is 0 Å². The molecule has 0 heterocycles. The van der Waals surface area contributed by atoms with E-state index in [4.69, 9.17) is 5.11 Å². The number of carbonyl (C=O) groups excluding carboxylic acids is 1. The van der Waals surface area contributed by atoms with Crippen LogP contribution in [0.5, 0.6) is 0 Å². The molecule has 0 rings (SSSR count). The summed E-state index contributed by atoms with van der Waals surface area (Å²) in [6, 6.07) is 0. The molecule has 1 N–H and O–H groups in total. The number of hydrogen-bond donors (Lipinski definition) is 1. The van der Waals surface area contributed by atoms with Crippen molar-refractivity contribution in [3.63, 3.8) is 0 Å². The molecule has 1 atom stereocenters. The molecule has 0 saturated carbocycles. The average molecular weight is 202 g/mol. The van der Waals surface area contributed by atoms with Gasteiger partial charge in [-0.25, -0.2) is 0 Å². The van der Waals surface area contributed by atoms with Crippen LogP contribution >= 0.6 is 0 Å². The molecule has 2 heteroatoms. The smallest absolute Gasteiger partial charge is 0.129 e. The molecule has 0 aliphatic heterocycles. The van der Waals surface area contributed by atoms with Gasteiger partial charge in [0.2, 0.25) is 0 Å². The fourth-order valence-corrected chi connectivity index (χ4v) is 0.963. The van der Waals surface area contributed by atoms with Crippen LogP contribution < -0.4 is 0 Å². The monoisotopic (exact) mass is 202 g/mol. The van der Waals surface area contributed by atoms with Gasteiger partial charge < -0.3 is 9.90 Å². The minimum Gasteiger partial charge on any atom is -0.393 e. The van der Waals surface area contributed by atoms with E-state index in [1.165, 1.54) is 0 Å². The quantitative estimate of drug-likeness (QED) is 0.717. The SMILES string of the molecule is CCCC(O)CC.CCCCC(C)=O. The second-order valence-corrected chi connectivity index (χ2v) is 3.66. The Morgan fingerprint density at radius 1 is 1.21 bits per heavy atom. The highest BCUT2D eigenvalue weighted by Crippen LogP contribution is 1.98. The summed E-state index contributed by atoms with van der Waals surface area (Å²) in [6.07, 6.45) is 5.83. The molecule has 0 radical (unpaired) electrons. The number of rotatable bonds is 6. The van der Waals surface area contributed by atoms with Crippen LogP contribution in [0, 0.1) is 0 Å². The minimum absolute atomic E-state index is 0.0509. The number of Topliss-reactive ketones (excluding diaryl/α,β-unsaturated/α-hetero) is 1. The Hall–Kier alpha value is -0.370. The van der Waals surface area contributed by atoms with E-state index >= 15 is 0 Å². The first kappa shape index (κ1) is 16.1. The van der Waals surface area contributed by atoms with Crippen molar-refractivity contribution in [1.82, 2.24) is 0 Å². The Kier molecular flexibility index (Phi) is 14.5. The number of ketones is 1. The van der Waals surface area contributed by atoms with Gasteiger partial charge in [-0.15, -0.1) is 0 Å². The second-order valence-electron chi connectivity index (χ2n) is 3.66. The van der Waals surface area contributed by atoms with Crippen LogP contribution in [-0.2, 0) is 4.79 Å². The lowest BCUT2D eigenvalue weighted by Gasteiger charge is -2.01. The maximum absolute atomic E-state index is 10.2. The fourth-order valence-electron chi connectivity index (χ4n) is 0.963. The average Bonchev–Trinajstić information content (AvgIpc) is 2.16. The van der Waals surface area contributed by atoms with E-state index in [-0.39, 0.29) is 6.10 Å². The standard InChI is InChI=1S/C6H12O.C6H14O/c1-3-4-5-6(2)7;1-3-5-6(7)4-2/h3-5H2,1-2H3;6-7H,3-5H2,1-2H3. The summed E-state index contributed by atoms with van der Waals surface area (Å²) in [5.74, 6) is 0.307. The van der Waals surface area contributed by atoms with Crippen molar-refractivity contribution in [2.75, 3.05) is 0 Å². The van der Waals surface area contributed by atoms with Gasteiger partial charge in [0.15, 0.2) is 0 Å². The van der Waals surface area contributed by atoms with E-state index in [0.29, 0.717) is 5.78 Å². The van der Waals surface area contributed by atoms with Crippen LogP contribution in [0.3, 0.4) is 0 Å². The number of carbonyl (C=O) groups is 1. The van der Waals surface area contributed by atoms with Crippen LogP contribution in [0.25, 0.3) is 0 Å².